The van der Waals surface area contributed by atoms with E-state index in [4.69, 9.17) is 9.47 Å². The van der Waals surface area contributed by atoms with E-state index in [-0.39, 0.29) is 17.4 Å². The van der Waals surface area contributed by atoms with E-state index in [0.29, 0.717) is 6.61 Å². The van der Waals surface area contributed by atoms with E-state index in [1.165, 1.54) is 44.9 Å². The van der Waals surface area contributed by atoms with E-state index >= 15 is 0 Å². The number of aliphatic hydroxyl groups is 2. The average Bonchev–Trinajstić information content (AvgIpc) is 2.96. The molecule has 0 aromatic heterocycles. The van der Waals surface area contributed by atoms with Crippen LogP contribution in [0.3, 0.4) is 0 Å². The topological polar surface area (TPSA) is 71.0 Å². The van der Waals surface area contributed by atoms with Gasteiger partial charge < -0.3 is 25.0 Å². The highest BCUT2D eigenvalue weighted by atomic mass is 16.8. The Morgan fingerprint density at radius 3 is 2.00 bits per heavy atom. The van der Waals surface area contributed by atoms with Gasteiger partial charge in [0, 0.05) is 18.1 Å². The van der Waals surface area contributed by atoms with Crippen LogP contribution >= 0.6 is 0 Å². The molecule has 0 spiro atoms. The summed E-state index contributed by atoms with van der Waals surface area (Å²) in [6, 6.07) is 0. The summed E-state index contributed by atoms with van der Waals surface area (Å²) in [6.45, 7) is 10.3. The van der Waals surface area contributed by atoms with Gasteiger partial charge in [-0.15, -0.1) is 0 Å². The third-order valence-electron chi connectivity index (χ3n) is 5.77. The van der Waals surface area contributed by atoms with Crippen molar-refractivity contribution in [3.05, 3.63) is 0 Å². The lowest BCUT2D eigenvalue weighted by Gasteiger charge is -2.20. The van der Waals surface area contributed by atoms with E-state index in [1.54, 1.807) is 0 Å². The molecule has 3 N–H and O–H groups in total. The Labute approximate surface area is 159 Å². The molecule has 2 aliphatic rings. The molecule has 154 valence electrons. The van der Waals surface area contributed by atoms with Crippen LogP contribution in [0.5, 0.6) is 0 Å². The van der Waals surface area contributed by atoms with Gasteiger partial charge >= 0.3 is 0 Å². The number of nitrogens with one attached hydrogen (secondary N) is 1. The van der Waals surface area contributed by atoms with Crippen molar-refractivity contribution in [1.82, 2.24) is 5.32 Å². The second-order valence-corrected chi connectivity index (χ2v) is 9.27. The molecular weight excluding hydrogens is 330 g/mol. The standard InChI is InChI=1S/C21H41NO4/c1-16-17-18(23)19(26-21(16,17)24)25-15-13-11-9-7-5-6-8-10-12-14-22-20(2,3)4/h16-19,22-24H,5-15H2,1-4H3. The average molecular weight is 372 g/mol. The van der Waals surface area contributed by atoms with Gasteiger partial charge in [-0.3, -0.25) is 0 Å². The molecule has 5 unspecified atom stereocenters. The molecule has 0 bridgehead atoms. The van der Waals surface area contributed by atoms with Gasteiger partial charge in [0.1, 0.15) is 6.10 Å². The van der Waals surface area contributed by atoms with E-state index < -0.39 is 18.2 Å². The van der Waals surface area contributed by atoms with E-state index in [1.807, 2.05) is 6.92 Å². The van der Waals surface area contributed by atoms with Gasteiger partial charge in [0.05, 0.1) is 5.92 Å². The Hall–Kier alpha value is -0.200. The molecule has 1 saturated heterocycles. The van der Waals surface area contributed by atoms with Crippen molar-refractivity contribution in [3.8, 4) is 0 Å². The highest BCUT2D eigenvalue weighted by Gasteiger charge is 2.73. The van der Waals surface area contributed by atoms with Crippen LogP contribution < -0.4 is 5.32 Å². The van der Waals surface area contributed by atoms with Crippen molar-refractivity contribution in [1.29, 1.82) is 0 Å². The lowest BCUT2D eigenvalue weighted by Crippen LogP contribution is -2.36. The normalized spacial score (nSPS) is 33.5. The SMILES string of the molecule is CC1C2C(O)C(OCCCCCCCCCCCNC(C)(C)C)OC12O. The maximum absolute atomic E-state index is 10.0. The summed E-state index contributed by atoms with van der Waals surface area (Å²) >= 11 is 0. The minimum Gasteiger partial charge on any atom is -0.387 e. The van der Waals surface area contributed by atoms with E-state index in [9.17, 15) is 10.2 Å². The van der Waals surface area contributed by atoms with Gasteiger partial charge in [0.2, 0.25) is 0 Å². The highest BCUT2D eigenvalue weighted by Crippen LogP contribution is 2.59. The van der Waals surface area contributed by atoms with E-state index in [2.05, 4.69) is 26.1 Å². The first-order valence-corrected chi connectivity index (χ1v) is 10.7. The molecule has 1 heterocycles. The van der Waals surface area contributed by atoms with Crippen molar-refractivity contribution in [2.24, 2.45) is 11.8 Å². The third-order valence-corrected chi connectivity index (χ3v) is 5.77. The van der Waals surface area contributed by atoms with Gasteiger partial charge in [-0.1, -0.05) is 51.9 Å². The predicted octanol–water partition coefficient (Wildman–Crippen LogP) is 3.57. The number of aliphatic hydroxyl groups excluding tert-OH is 1. The monoisotopic (exact) mass is 371 g/mol. The van der Waals surface area contributed by atoms with Crippen molar-refractivity contribution in [2.75, 3.05) is 13.2 Å². The fraction of sp³-hybridized carbons (Fsp3) is 1.00. The lowest BCUT2D eigenvalue weighted by atomic mass is 10.1. The Morgan fingerprint density at radius 1 is 0.962 bits per heavy atom. The summed E-state index contributed by atoms with van der Waals surface area (Å²) in [5.74, 6) is -1.28. The first-order valence-electron chi connectivity index (χ1n) is 10.7. The molecule has 26 heavy (non-hydrogen) atoms. The summed E-state index contributed by atoms with van der Waals surface area (Å²) < 4.78 is 11.0. The molecule has 0 aromatic rings. The molecule has 0 aromatic carbocycles. The van der Waals surface area contributed by atoms with Crippen LogP contribution in [0.4, 0.5) is 0 Å². The number of rotatable bonds is 13. The van der Waals surface area contributed by atoms with Crippen LogP contribution in [0.25, 0.3) is 0 Å². The summed E-state index contributed by atoms with van der Waals surface area (Å²) in [7, 11) is 0. The number of ether oxygens (including phenoxy) is 2. The van der Waals surface area contributed by atoms with Gasteiger partial charge in [0.15, 0.2) is 12.1 Å². The van der Waals surface area contributed by atoms with Crippen molar-refractivity contribution >= 4 is 0 Å². The highest BCUT2D eigenvalue weighted by molar-refractivity contribution is 5.12. The second-order valence-electron chi connectivity index (χ2n) is 9.27. The van der Waals surface area contributed by atoms with Crippen LogP contribution in [0.2, 0.25) is 0 Å². The predicted molar refractivity (Wildman–Crippen MR) is 104 cm³/mol. The molecule has 1 aliphatic carbocycles. The van der Waals surface area contributed by atoms with Crippen LogP contribution in [0, 0.1) is 11.8 Å². The first-order chi connectivity index (χ1) is 12.3. The maximum atomic E-state index is 10.0. The molecule has 5 heteroatoms. The Bertz CT molecular complexity index is 411. The minimum atomic E-state index is -1.13. The second kappa shape index (κ2) is 9.83. The molecule has 5 nitrogen and oxygen atoms in total. The van der Waals surface area contributed by atoms with Crippen molar-refractivity contribution < 1.29 is 19.7 Å². The molecule has 2 rings (SSSR count). The molecular formula is C21H41NO4. The Morgan fingerprint density at radius 2 is 1.50 bits per heavy atom. The molecule has 2 fully saturated rings. The van der Waals surface area contributed by atoms with Crippen LogP contribution in [0.1, 0.15) is 85.5 Å². The van der Waals surface area contributed by atoms with E-state index in [0.717, 1.165) is 19.4 Å². The molecule has 1 aliphatic heterocycles. The smallest absolute Gasteiger partial charge is 0.187 e. The number of hydrogen-bond donors (Lipinski definition) is 3. The third kappa shape index (κ3) is 6.45. The first kappa shape index (κ1) is 22.1. The molecule has 0 radical (unpaired) electrons. The van der Waals surface area contributed by atoms with Gasteiger partial charge in [-0.25, -0.2) is 0 Å². The minimum absolute atomic E-state index is 0.0205. The molecule has 1 saturated carbocycles. The number of unbranched alkanes of at least 4 members (excludes halogenated alkanes) is 8. The molecule has 5 atom stereocenters. The van der Waals surface area contributed by atoms with Crippen molar-refractivity contribution in [2.45, 2.75) is 109 Å². The number of hydrogen-bond acceptors (Lipinski definition) is 5. The largest absolute Gasteiger partial charge is 0.387 e. The lowest BCUT2D eigenvalue weighted by molar-refractivity contribution is -0.242. The Kier molecular flexibility index (Phi) is 8.35. The van der Waals surface area contributed by atoms with Gasteiger partial charge in [0.25, 0.3) is 0 Å². The summed E-state index contributed by atoms with van der Waals surface area (Å²) in [6.07, 6.45) is 9.96. The fourth-order valence-corrected chi connectivity index (χ4v) is 3.96. The van der Waals surface area contributed by atoms with Crippen molar-refractivity contribution in [3.63, 3.8) is 0 Å². The zero-order valence-corrected chi connectivity index (χ0v) is 17.3. The fourth-order valence-electron chi connectivity index (χ4n) is 3.96. The summed E-state index contributed by atoms with van der Waals surface area (Å²) in [5.41, 5.74) is 0.240. The van der Waals surface area contributed by atoms with Crippen LogP contribution in [0.15, 0.2) is 0 Å². The molecule has 0 amide bonds. The quantitative estimate of drug-likeness (QED) is 0.432. The zero-order valence-electron chi connectivity index (χ0n) is 17.3. The van der Waals surface area contributed by atoms with Gasteiger partial charge in [-0.2, -0.15) is 0 Å². The summed E-state index contributed by atoms with van der Waals surface area (Å²) in [4.78, 5) is 0. The summed E-state index contributed by atoms with van der Waals surface area (Å²) in [5, 5.41) is 23.6. The Balaban J connectivity index is 1.32. The number of fused-ring (bicyclic) bond motifs is 1. The van der Waals surface area contributed by atoms with Gasteiger partial charge in [-0.05, 0) is 40.2 Å². The van der Waals surface area contributed by atoms with Crippen LogP contribution in [-0.4, -0.2) is 47.1 Å². The van der Waals surface area contributed by atoms with Crippen LogP contribution in [-0.2, 0) is 9.47 Å². The maximum Gasteiger partial charge on any atom is 0.187 e. The zero-order chi connectivity index (χ0) is 19.2.